The van der Waals surface area contributed by atoms with Crippen LogP contribution in [0.15, 0.2) is 53.7 Å². The number of nitrogens with zero attached hydrogens (tertiary/aromatic N) is 3. The fraction of sp³-hybridized carbons (Fsp3) is 0.259. The number of hydrogen-bond acceptors (Lipinski definition) is 8. The monoisotopic (exact) mass is 574 g/mol. The van der Waals surface area contributed by atoms with E-state index in [2.05, 4.69) is 15.2 Å². The third-order valence-corrected chi connectivity index (χ3v) is 6.93. The molecule has 0 unspecified atom stereocenters. The zero-order valence-electron chi connectivity index (χ0n) is 22.0. The number of ether oxygens (including phenoxy) is 3. The number of H-pyrrole nitrogens is 1. The first-order valence-electron chi connectivity index (χ1n) is 11.9. The lowest BCUT2D eigenvalue weighted by Gasteiger charge is -2.13. The number of thioether (sulfide) groups is 1. The Bertz CT molecular complexity index is 1530. The van der Waals surface area contributed by atoms with Crippen molar-refractivity contribution >= 4 is 23.5 Å². The summed E-state index contributed by atoms with van der Waals surface area (Å²) in [4.78, 5) is 28.1. The quantitative estimate of drug-likeness (QED) is 0.149. The van der Waals surface area contributed by atoms with Crippen molar-refractivity contribution in [3.63, 3.8) is 0 Å². The largest absolute Gasteiger partial charge is 0.497 e. The Morgan fingerprint density at radius 2 is 1.73 bits per heavy atom. The molecule has 0 aliphatic carbocycles. The minimum absolute atomic E-state index is 0.110. The molecular formula is C27H25F3N4O5S. The Labute approximate surface area is 231 Å². The van der Waals surface area contributed by atoms with Gasteiger partial charge >= 0.3 is 12.1 Å². The van der Waals surface area contributed by atoms with Crippen LogP contribution in [0.25, 0.3) is 5.69 Å². The normalized spacial score (nSPS) is 11.4. The number of aryl methyl sites for hydroxylation is 1. The second-order valence-corrected chi connectivity index (χ2v) is 9.52. The summed E-state index contributed by atoms with van der Waals surface area (Å²) in [6, 6.07) is 11.5. The zero-order chi connectivity index (χ0) is 29.0. The lowest BCUT2D eigenvalue weighted by Crippen LogP contribution is -2.11. The molecule has 0 saturated heterocycles. The summed E-state index contributed by atoms with van der Waals surface area (Å²) in [5.41, 5.74) is 0.758. The molecule has 0 radical (unpaired) electrons. The molecule has 9 nitrogen and oxygen atoms in total. The second kappa shape index (κ2) is 11.9. The molecule has 0 atom stereocenters. The fourth-order valence-corrected chi connectivity index (χ4v) is 4.87. The molecule has 0 fully saturated rings. The van der Waals surface area contributed by atoms with Crippen LogP contribution in [0, 0.1) is 13.8 Å². The number of halogens is 3. The molecule has 4 rings (SSSR count). The van der Waals surface area contributed by atoms with Crippen LogP contribution in [-0.2, 0) is 17.5 Å². The van der Waals surface area contributed by atoms with Crippen molar-refractivity contribution < 1.29 is 37.0 Å². The van der Waals surface area contributed by atoms with Crippen LogP contribution in [0.2, 0.25) is 0 Å². The molecule has 2 aromatic carbocycles. The molecule has 210 valence electrons. The van der Waals surface area contributed by atoms with Crippen LogP contribution >= 0.6 is 11.8 Å². The van der Waals surface area contributed by atoms with Gasteiger partial charge in [0, 0.05) is 5.69 Å². The van der Waals surface area contributed by atoms with E-state index in [4.69, 9.17) is 14.2 Å². The molecular weight excluding hydrogens is 549 g/mol. The van der Waals surface area contributed by atoms with E-state index in [9.17, 15) is 22.8 Å². The van der Waals surface area contributed by atoms with E-state index in [0.29, 0.717) is 22.8 Å². The van der Waals surface area contributed by atoms with Gasteiger partial charge in [-0.15, -0.1) is 10.2 Å². The van der Waals surface area contributed by atoms with E-state index in [1.54, 1.807) is 38.1 Å². The number of carbonyl (C=O) groups excluding carboxylic acids is 2. The highest BCUT2D eigenvalue weighted by Crippen LogP contribution is 2.32. The van der Waals surface area contributed by atoms with Gasteiger partial charge in [-0.2, -0.15) is 13.2 Å². The number of Topliss-reactive ketones (excluding diaryl/α,β-unsaturated/α-hetero) is 1. The molecule has 2 aromatic heterocycles. The number of aromatic amines is 1. The predicted octanol–water partition coefficient (Wildman–Crippen LogP) is 5.58. The van der Waals surface area contributed by atoms with E-state index < -0.39 is 17.7 Å². The van der Waals surface area contributed by atoms with Gasteiger partial charge < -0.3 is 19.2 Å². The van der Waals surface area contributed by atoms with Gasteiger partial charge in [-0.25, -0.2) is 4.79 Å². The molecule has 0 bridgehead atoms. The molecule has 0 spiro atoms. The van der Waals surface area contributed by atoms with Gasteiger partial charge in [-0.05, 0) is 61.9 Å². The molecule has 0 aliphatic heterocycles. The first-order chi connectivity index (χ1) is 19.0. The lowest BCUT2D eigenvalue weighted by molar-refractivity contribution is -0.137. The van der Waals surface area contributed by atoms with Crippen LogP contribution < -0.4 is 9.47 Å². The van der Waals surface area contributed by atoms with Crippen LogP contribution in [0.5, 0.6) is 11.5 Å². The summed E-state index contributed by atoms with van der Waals surface area (Å²) < 4.78 is 57.6. The molecule has 40 heavy (non-hydrogen) atoms. The van der Waals surface area contributed by atoms with Gasteiger partial charge in [0.2, 0.25) is 0 Å². The summed E-state index contributed by atoms with van der Waals surface area (Å²) in [5.74, 6) is 0.318. The van der Waals surface area contributed by atoms with Crippen molar-refractivity contribution in [1.29, 1.82) is 0 Å². The Morgan fingerprint density at radius 1 is 1.02 bits per heavy atom. The number of benzene rings is 2. The SMILES string of the molecule is COC(=O)c1c(C)[nH]c(C(=O)CSc2nnc(COc3ccc(OC)cc3)n2-c2cccc(C(F)(F)F)c2)c1C. The Hall–Kier alpha value is -4.26. The zero-order valence-corrected chi connectivity index (χ0v) is 22.8. The maximum Gasteiger partial charge on any atom is 0.416 e. The third-order valence-electron chi connectivity index (χ3n) is 6.00. The maximum absolute atomic E-state index is 13.5. The molecule has 0 saturated carbocycles. The Morgan fingerprint density at radius 3 is 2.38 bits per heavy atom. The topological polar surface area (TPSA) is 108 Å². The number of aromatic nitrogens is 4. The molecule has 13 heteroatoms. The highest BCUT2D eigenvalue weighted by molar-refractivity contribution is 7.99. The average molecular weight is 575 g/mol. The summed E-state index contributed by atoms with van der Waals surface area (Å²) in [6.45, 7) is 3.18. The van der Waals surface area contributed by atoms with E-state index >= 15 is 0 Å². The standard InChI is InChI=1S/C27H25F3N4O5S/c1-15-23(25(36)38-4)16(2)31-24(15)21(35)14-40-26-33-32-22(13-39-20-10-8-19(37-3)9-11-20)34(26)18-7-5-6-17(12-18)27(28,29)30/h5-12,31H,13-14H2,1-4H3. The van der Waals surface area contributed by atoms with Crippen LogP contribution in [0.1, 0.15) is 43.5 Å². The summed E-state index contributed by atoms with van der Waals surface area (Å²) in [5, 5.41) is 8.46. The van der Waals surface area contributed by atoms with Gasteiger partial charge in [-0.1, -0.05) is 17.8 Å². The third kappa shape index (κ3) is 6.14. The van der Waals surface area contributed by atoms with Crippen LogP contribution in [0.3, 0.4) is 0 Å². The first kappa shape index (κ1) is 28.7. The minimum atomic E-state index is -4.56. The van der Waals surface area contributed by atoms with Gasteiger partial charge in [0.05, 0.1) is 42.5 Å². The maximum atomic E-state index is 13.5. The van der Waals surface area contributed by atoms with Gasteiger partial charge in [-0.3, -0.25) is 9.36 Å². The van der Waals surface area contributed by atoms with E-state index in [0.717, 1.165) is 23.9 Å². The van der Waals surface area contributed by atoms with E-state index in [-0.39, 0.29) is 46.1 Å². The number of nitrogens with one attached hydrogen (secondary N) is 1. The summed E-state index contributed by atoms with van der Waals surface area (Å²) >= 11 is 0.994. The molecule has 2 heterocycles. The smallest absolute Gasteiger partial charge is 0.416 e. The Balaban J connectivity index is 1.63. The average Bonchev–Trinajstić information content (AvgIpc) is 3.49. The number of ketones is 1. The van der Waals surface area contributed by atoms with Crippen molar-refractivity contribution in [3.05, 3.63) is 82.4 Å². The highest BCUT2D eigenvalue weighted by Gasteiger charge is 2.31. The van der Waals surface area contributed by atoms with Crippen molar-refractivity contribution in [3.8, 4) is 17.2 Å². The number of hydrogen-bond donors (Lipinski definition) is 1. The summed E-state index contributed by atoms with van der Waals surface area (Å²) in [6.07, 6.45) is -4.56. The number of methoxy groups -OCH3 is 2. The number of alkyl halides is 3. The van der Waals surface area contributed by atoms with Crippen LogP contribution in [0.4, 0.5) is 13.2 Å². The number of carbonyl (C=O) groups is 2. The first-order valence-corrected chi connectivity index (χ1v) is 12.8. The molecule has 1 N–H and O–H groups in total. The second-order valence-electron chi connectivity index (χ2n) is 8.57. The van der Waals surface area contributed by atoms with Gasteiger partial charge in [0.25, 0.3) is 0 Å². The van der Waals surface area contributed by atoms with Crippen molar-refractivity contribution in [2.75, 3.05) is 20.0 Å². The van der Waals surface area contributed by atoms with Crippen molar-refractivity contribution in [1.82, 2.24) is 19.7 Å². The van der Waals surface area contributed by atoms with E-state index in [1.165, 1.54) is 30.9 Å². The minimum Gasteiger partial charge on any atom is -0.497 e. The van der Waals surface area contributed by atoms with Gasteiger partial charge in [0.15, 0.2) is 16.8 Å². The number of rotatable bonds is 10. The van der Waals surface area contributed by atoms with Crippen molar-refractivity contribution in [2.24, 2.45) is 0 Å². The van der Waals surface area contributed by atoms with Crippen molar-refractivity contribution in [2.45, 2.75) is 31.8 Å². The lowest BCUT2D eigenvalue weighted by atomic mass is 10.1. The highest BCUT2D eigenvalue weighted by atomic mass is 32.2. The number of esters is 1. The molecule has 0 aliphatic rings. The van der Waals surface area contributed by atoms with Crippen LogP contribution in [-0.4, -0.2) is 51.5 Å². The predicted molar refractivity (Wildman–Crippen MR) is 140 cm³/mol. The van der Waals surface area contributed by atoms with E-state index in [1.807, 2.05) is 0 Å². The molecule has 0 amide bonds. The Kier molecular flexibility index (Phi) is 8.52. The van der Waals surface area contributed by atoms with Gasteiger partial charge in [0.1, 0.15) is 18.1 Å². The fourth-order valence-electron chi connectivity index (χ4n) is 4.03. The summed E-state index contributed by atoms with van der Waals surface area (Å²) in [7, 11) is 2.79. The molecule has 4 aromatic rings.